The Balaban J connectivity index is 1.88. The summed E-state index contributed by atoms with van der Waals surface area (Å²) in [5.74, 6) is 0. The van der Waals surface area contributed by atoms with E-state index in [0.29, 0.717) is 0 Å². The van der Waals surface area contributed by atoms with E-state index in [1.807, 2.05) is 24.3 Å². The maximum atomic E-state index is 9.43. The van der Waals surface area contributed by atoms with Gasteiger partial charge in [0, 0.05) is 0 Å². The molecule has 0 saturated carbocycles. The van der Waals surface area contributed by atoms with Gasteiger partial charge in [0.05, 0.1) is 13.2 Å². The first-order valence-electron chi connectivity index (χ1n) is 10.1. The summed E-state index contributed by atoms with van der Waals surface area (Å²) in [6, 6.07) is 33.4. The highest BCUT2D eigenvalue weighted by atomic mass is 16.3. The summed E-state index contributed by atoms with van der Waals surface area (Å²) < 4.78 is 0. The van der Waals surface area contributed by atoms with Gasteiger partial charge in [-0.3, -0.25) is 0 Å². The Bertz CT molecular complexity index is 1170. The molecule has 0 unspecified atom stereocenters. The molecule has 5 aromatic carbocycles. The van der Waals surface area contributed by atoms with E-state index >= 15 is 0 Å². The first-order valence-corrected chi connectivity index (χ1v) is 10.1. The van der Waals surface area contributed by atoms with E-state index in [0.717, 1.165) is 22.3 Å². The average Bonchev–Trinajstić information content (AvgIpc) is 2.82. The van der Waals surface area contributed by atoms with Crippen LogP contribution in [-0.4, -0.2) is 10.2 Å². The van der Waals surface area contributed by atoms with Crippen LogP contribution in [0.4, 0.5) is 0 Å². The smallest absolute Gasteiger partial charge is 0.0681 e. The molecule has 0 heterocycles. The maximum Gasteiger partial charge on any atom is 0.0681 e. The van der Waals surface area contributed by atoms with Gasteiger partial charge in [-0.2, -0.15) is 0 Å². The molecule has 0 amide bonds. The molecule has 0 saturated heterocycles. The minimum Gasteiger partial charge on any atom is -0.392 e. The van der Waals surface area contributed by atoms with E-state index in [9.17, 15) is 10.2 Å². The largest absolute Gasteiger partial charge is 0.392 e. The molecule has 5 aromatic rings. The second-order valence-electron chi connectivity index (χ2n) is 7.55. The Kier molecular flexibility index (Phi) is 4.80. The van der Waals surface area contributed by atoms with Crippen molar-refractivity contribution in [1.29, 1.82) is 0 Å². The summed E-state index contributed by atoms with van der Waals surface area (Å²) in [5, 5.41) is 23.7. The van der Waals surface area contributed by atoms with Gasteiger partial charge in [0.25, 0.3) is 0 Å². The molecule has 0 aliphatic heterocycles. The van der Waals surface area contributed by atoms with Crippen molar-refractivity contribution >= 4 is 21.5 Å². The number of hydrogen-bond acceptors (Lipinski definition) is 2. The van der Waals surface area contributed by atoms with Crippen molar-refractivity contribution in [1.82, 2.24) is 0 Å². The molecule has 0 aliphatic rings. The minimum absolute atomic E-state index is 0.0462. The predicted octanol–water partition coefficient (Wildman–Crippen LogP) is 6.31. The molecular formula is C28H22O2. The summed E-state index contributed by atoms with van der Waals surface area (Å²) in [6.45, 7) is 0.0924. The first-order chi connectivity index (χ1) is 14.8. The topological polar surface area (TPSA) is 40.5 Å². The third-order valence-corrected chi connectivity index (χ3v) is 5.78. The van der Waals surface area contributed by atoms with E-state index in [2.05, 4.69) is 72.8 Å². The van der Waals surface area contributed by atoms with Gasteiger partial charge in [0.1, 0.15) is 0 Å². The van der Waals surface area contributed by atoms with Crippen LogP contribution in [0.2, 0.25) is 0 Å². The van der Waals surface area contributed by atoms with Crippen molar-refractivity contribution in [3.8, 4) is 22.3 Å². The number of hydrogen-bond donors (Lipinski definition) is 2. The molecule has 2 N–H and O–H groups in total. The monoisotopic (exact) mass is 390 g/mol. The van der Waals surface area contributed by atoms with Gasteiger partial charge in [0.2, 0.25) is 0 Å². The molecule has 0 spiro atoms. The predicted molar refractivity (Wildman–Crippen MR) is 124 cm³/mol. The van der Waals surface area contributed by atoms with Crippen LogP contribution in [0, 0.1) is 0 Å². The third-order valence-electron chi connectivity index (χ3n) is 5.78. The van der Waals surface area contributed by atoms with E-state index < -0.39 is 0 Å². The van der Waals surface area contributed by atoms with Crippen LogP contribution in [0.1, 0.15) is 11.1 Å². The van der Waals surface area contributed by atoms with E-state index in [-0.39, 0.29) is 13.2 Å². The van der Waals surface area contributed by atoms with Crippen LogP contribution in [0.25, 0.3) is 43.8 Å². The van der Waals surface area contributed by atoms with E-state index in [4.69, 9.17) is 0 Å². The molecule has 0 aromatic heterocycles. The van der Waals surface area contributed by atoms with Gasteiger partial charge in [-0.15, -0.1) is 0 Å². The standard InChI is InChI=1S/C28H22O2/c29-17-19-9-13-21(14-10-19)27-23-5-1-2-6-24(23)28(26-8-4-3-7-25(26)27)22-15-11-20(18-30)12-16-22/h1-16,29-30H,17-18H2. The van der Waals surface area contributed by atoms with Gasteiger partial charge in [-0.05, 0) is 54.9 Å². The van der Waals surface area contributed by atoms with Crippen molar-refractivity contribution in [2.75, 3.05) is 0 Å². The van der Waals surface area contributed by atoms with Gasteiger partial charge < -0.3 is 10.2 Å². The molecule has 30 heavy (non-hydrogen) atoms. The van der Waals surface area contributed by atoms with Crippen LogP contribution in [0.15, 0.2) is 97.1 Å². The molecule has 0 fully saturated rings. The zero-order valence-corrected chi connectivity index (χ0v) is 16.5. The lowest BCUT2D eigenvalue weighted by Gasteiger charge is -2.18. The highest BCUT2D eigenvalue weighted by molar-refractivity contribution is 6.21. The van der Waals surface area contributed by atoms with Crippen LogP contribution in [0.3, 0.4) is 0 Å². The second-order valence-corrected chi connectivity index (χ2v) is 7.55. The van der Waals surface area contributed by atoms with Crippen molar-refractivity contribution in [2.45, 2.75) is 13.2 Å². The van der Waals surface area contributed by atoms with Crippen LogP contribution in [0.5, 0.6) is 0 Å². The first kappa shape index (κ1) is 18.6. The SMILES string of the molecule is OCc1ccc(-c2c3ccccc3c(-c3ccc(CO)cc3)c3ccccc23)cc1. The fraction of sp³-hybridized carbons (Fsp3) is 0.0714. The summed E-state index contributed by atoms with van der Waals surface area (Å²) in [5.41, 5.74) is 6.52. The number of rotatable bonds is 4. The second kappa shape index (κ2) is 7.75. The number of aliphatic hydroxyl groups is 2. The van der Waals surface area contributed by atoms with E-state index in [1.165, 1.54) is 32.7 Å². The van der Waals surface area contributed by atoms with Crippen LogP contribution >= 0.6 is 0 Å². The quantitative estimate of drug-likeness (QED) is 0.353. The van der Waals surface area contributed by atoms with Crippen molar-refractivity contribution < 1.29 is 10.2 Å². The lowest BCUT2D eigenvalue weighted by Crippen LogP contribution is -1.91. The Morgan fingerprint density at radius 2 is 0.700 bits per heavy atom. The lowest BCUT2D eigenvalue weighted by atomic mass is 9.86. The summed E-state index contributed by atoms with van der Waals surface area (Å²) >= 11 is 0. The maximum absolute atomic E-state index is 9.43. The van der Waals surface area contributed by atoms with Crippen LogP contribution < -0.4 is 0 Å². The fourth-order valence-electron chi connectivity index (χ4n) is 4.30. The number of aliphatic hydroxyl groups excluding tert-OH is 2. The van der Waals surface area contributed by atoms with Crippen molar-refractivity contribution in [3.63, 3.8) is 0 Å². The Hall–Kier alpha value is -3.46. The van der Waals surface area contributed by atoms with Gasteiger partial charge in [0.15, 0.2) is 0 Å². The molecule has 2 nitrogen and oxygen atoms in total. The molecule has 0 bridgehead atoms. The third kappa shape index (κ3) is 3.07. The molecule has 0 atom stereocenters. The van der Waals surface area contributed by atoms with E-state index in [1.54, 1.807) is 0 Å². The Labute approximate surface area is 175 Å². The summed E-state index contributed by atoms with van der Waals surface area (Å²) in [7, 11) is 0. The molecule has 146 valence electrons. The highest BCUT2D eigenvalue weighted by Crippen LogP contribution is 2.43. The number of benzene rings is 5. The molecule has 5 rings (SSSR count). The van der Waals surface area contributed by atoms with Crippen molar-refractivity contribution in [2.24, 2.45) is 0 Å². The summed E-state index contributed by atoms with van der Waals surface area (Å²) in [4.78, 5) is 0. The normalized spacial score (nSPS) is 11.3. The Morgan fingerprint density at radius 1 is 0.400 bits per heavy atom. The zero-order chi connectivity index (χ0) is 20.5. The van der Waals surface area contributed by atoms with Gasteiger partial charge in [-0.1, -0.05) is 97.1 Å². The van der Waals surface area contributed by atoms with Crippen LogP contribution in [-0.2, 0) is 13.2 Å². The molecule has 0 aliphatic carbocycles. The summed E-state index contributed by atoms with van der Waals surface area (Å²) in [6.07, 6.45) is 0. The fourth-order valence-corrected chi connectivity index (χ4v) is 4.30. The van der Waals surface area contributed by atoms with Gasteiger partial charge >= 0.3 is 0 Å². The minimum atomic E-state index is 0.0462. The van der Waals surface area contributed by atoms with Crippen molar-refractivity contribution in [3.05, 3.63) is 108 Å². The highest BCUT2D eigenvalue weighted by Gasteiger charge is 2.16. The lowest BCUT2D eigenvalue weighted by molar-refractivity contribution is 0.281. The van der Waals surface area contributed by atoms with Gasteiger partial charge in [-0.25, -0.2) is 0 Å². The molecule has 0 radical (unpaired) electrons. The Morgan fingerprint density at radius 3 is 0.967 bits per heavy atom. The zero-order valence-electron chi connectivity index (χ0n) is 16.5. The average molecular weight is 390 g/mol. The number of fused-ring (bicyclic) bond motifs is 2. The molecule has 2 heteroatoms. The molecular weight excluding hydrogens is 368 g/mol.